The molecule has 0 aliphatic carbocycles. The summed E-state index contributed by atoms with van der Waals surface area (Å²) in [7, 11) is 0. The van der Waals surface area contributed by atoms with Gasteiger partial charge in [0, 0.05) is 21.7 Å². The standard InChI is InChI=1S/C13H7BrCl2F2/c14-13(9-3-2-8(17)6-12(9)18)10-5-7(15)1-4-11(10)16/h1-6,13H. The van der Waals surface area contributed by atoms with E-state index in [2.05, 4.69) is 15.9 Å². The van der Waals surface area contributed by atoms with Gasteiger partial charge < -0.3 is 0 Å². The van der Waals surface area contributed by atoms with Crippen LogP contribution in [0.2, 0.25) is 10.0 Å². The van der Waals surface area contributed by atoms with Crippen LogP contribution in [-0.4, -0.2) is 0 Å². The van der Waals surface area contributed by atoms with E-state index >= 15 is 0 Å². The second kappa shape index (κ2) is 5.55. The van der Waals surface area contributed by atoms with E-state index in [0.717, 1.165) is 6.07 Å². The molecule has 2 aromatic rings. The third-order valence-electron chi connectivity index (χ3n) is 2.47. The Balaban J connectivity index is 2.47. The highest BCUT2D eigenvalue weighted by Crippen LogP contribution is 2.37. The van der Waals surface area contributed by atoms with E-state index in [1.54, 1.807) is 18.2 Å². The topological polar surface area (TPSA) is 0 Å². The Morgan fingerprint density at radius 2 is 1.67 bits per heavy atom. The summed E-state index contributed by atoms with van der Waals surface area (Å²) in [4.78, 5) is -0.482. The summed E-state index contributed by atoms with van der Waals surface area (Å²) in [6.07, 6.45) is 0. The van der Waals surface area contributed by atoms with Crippen LogP contribution in [-0.2, 0) is 0 Å². The molecular formula is C13H7BrCl2F2. The van der Waals surface area contributed by atoms with Gasteiger partial charge in [0.15, 0.2) is 0 Å². The minimum absolute atomic E-state index is 0.306. The van der Waals surface area contributed by atoms with Crippen LogP contribution >= 0.6 is 39.1 Å². The number of alkyl halides is 1. The summed E-state index contributed by atoms with van der Waals surface area (Å²) < 4.78 is 26.5. The molecule has 1 unspecified atom stereocenters. The lowest BCUT2D eigenvalue weighted by atomic mass is 10.0. The van der Waals surface area contributed by atoms with Crippen LogP contribution in [0.25, 0.3) is 0 Å². The van der Waals surface area contributed by atoms with Gasteiger partial charge in [-0.05, 0) is 29.8 Å². The van der Waals surface area contributed by atoms with E-state index in [4.69, 9.17) is 23.2 Å². The van der Waals surface area contributed by atoms with Crippen molar-refractivity contribution in [1.82, 2.24) is 0 Å². The van der Waals surface area contributed by atoms with Crippen molar-refractivity contribution in [2.24, 2.45) is 0 Å². The van der Waals surface area contributed by atoms with Crippen LogP contribution < -0.4 is 0 Å². The summed E-state index contributed by atoms with van der Waals surface area (Å²) >= 11 is 15.3. The summed E-state index contributed by atoms with van der Waals surface area (Å²) in [5, 5.41) is 0.964. The minimum Gasteiger partial charge on any atom is -0.207 e. The zero-order valence-corrected chi connectivity index (χ0v) is 12.0. The van der Waals surface area contributed by atoms with E-state index in [0.29, 0.717) is 21.2 Å². The highest BCUT2D eigenvalue weighted by atomic mass is 79.9. The van der Waals surface area contributed by atoms with E-state index in [1.807, 2.05) is 0 Å². The summed E-state index contributed by atoms with van der Waals surface area (Å²) in [6, 6.07) is 8.34. The van der Waals surface area contributed by atoms with Crippen molar-refractivity contribution in [2.75, 3.05) is 0 Å². The highest BCUT2D eigenvalue weighted by molar-refractivity contribution is 9.09. The van der Waals surface area contributed by atoms with Gasteiger partial charge in [-0.25, -0.2) is 8.78 Å². The van der Waals surface area contributed by atoms with Crippen molar-refractivity contribution >= 4 is 39.1 Å². The van der Waals surface area contributed by atoms with Crippen LogP contribution in [0.4, 0.5) is 8.78 Å². The molecule has 0 heterocycles. The summed E-state index contributed by atoms with van der Waals surface area (Å²) in [5.74, 6) is -1.25. The quantitative estimate of drug-likeness (QED) is 0.604. The Hall–Kier alpha value is -0.640. The first kappa shape index (κ1) is 13.8. The Kier molecular flexibility index (Phi) is 4.25. The normalized spacial score (nSPS) is 12.5. The van der Waals surface area contributed by atoms with Crippen LogP contribution in [0, 0.1) is 11.6 Å². The minimum atomic E-state index is -0.632. The number of benzene rings is 2. The molecule has 0 aliphatic heterocycles. The third kappa shape index (κ3) is 2.85. The van der Waals surface area contributed by atoms with Crippen molar-refractivity contribution in [2.45, 2.75) is 4.83 Å². The summed E-state index contributed by atoms with van der Waals surface area (Å²) in [5.41, 5.74) is 0.940. The molecule has 0 radical (unpaired) electrons. The van der Waals surface area contributed by atoms with Crippen LogP contribution in [0.3, 0.4) is 0 Å². The second-order valence-electron chi connectivity index (χ2n) is 3.69. The third-order valence-corrected chi connectivity index (χ3v) is 4.03. The molecule has 5 heteroatoms. The van der Waals surface area contributed by atoms with Crippen LogP contribution in [0.1, 0.15) is 16.0 Å². The largest absolute Gasteiger partial charge is 0.207 e. The first-order valence-electron chi connectivity index (χ1n) is 5.03. The molecule has 0 aliphatic rings. The van der Waals surface area contributed by atoms with E-state index in [9.17, 15) is 8.78 Å². The van der Waals surface area contributed by atoms with Gasteiger partial charge in [0.2, 0.25) is 0 Å². The maximum Gasteiger partial charge on any atom is 0.130 e. The van der Waals surface area contributed by atoms with Gasteiger partial charge in [-0.1, -0.05) is 45.2 Å². The van der Waals surface area contributed by atoms with Crippen molar-refractivity contribution in [1.29, 1.82) is 0 Å². The first-order valence-corrected chi connectivity index (χ1v) is 6.70. The molecule has 2 aromatic carbocycles. The lowest BCUT2D eigenvalue weighted by Crippen LogP contribution is -1.98. The average Bonchev–Trinajstić information content (AvgIpc) is 2.31. The van der Waals surface area contributed by atoms with Gasteiger partial charge in [0.05, 0.1) is 4.83 Å². The predicted molar refractivity (Wildman–Crippen MR) is 73.6 cm³/mol. The van der Waals surface area contributed by atoms with E-state index < -0.39 is 16.5 Å². The number of hydrogen-bond donors (Lipinski definition) is 0. The molecule has 1 atom stereocenters. The average molecular weight is 352 g/mol. The fourth-order valence-corrected chi connectivity index (χ4v) is 2.87. The fourth-order valence-electron chi connectivity index (χ4n) is 1.58. The Morgan fingerprint density at radius 3 is 2.33 bits per heavy atom. The SMILES string of the molecule is Fc1ccc(C(Br)c2cc(Cl)ccc2Cl)c(F)c1. The molecule has 0 nitrogen and oxygen atoms in total. The van der Waals surface area contributed by atoms with Crippen molar-refractivity contribution in [3.8, 4) is 0 Å². The van der Waals surface area contributed by atoms with Gasteiger partial charge in [0.1, 0.15) is 11.6 Å². The highest BCUT2D eigenvalue weighted by Gasteiger charge is 2.18. The summed E-state index contributed by atoms with van der Waals surface area (Å²) in [6.45, 7) is 0. The van der Waals surface area contributed by atoms with Gasteiger partial charge in [-0.3, -0.25) is 0 Å². The maximum absolute atomic E-state index is 13.7. The van der Waals surface area contributed by atoms with Crippen LogP contribution in [0.15, 0.2) is 36.4 Å². The van der Waals surface area contributed by atoms with Gasteiger partial charge in [-0.2, -0.15) is 0 Å². The monoisotopic (exact) mass is 350 g/mol. The second-order valence-corrected chi connectivity index (χ2v) is 5.45. The van der Waals surface area contributed by atoms with Crippen molar-refractivity contribution in [3.63, 3.8) is 0 Å². The zero-order chi connectivity index (χ0) is 13.3. The van der Waals surface area contributed by atoms with E-state index in [-0.39, 0.29) is 0 Å². The number of halogens is 5. The molecule has 0 amide bonds. The molecule has 0 saturated carbocycles. The lowest BCUT2D eigenvalue weighted by molar-refractivity contribution is 0.574. The van der Waals surface area contributed by atoms with Crippen LogP contribution in [0.5, 0.6) is 0 Å². The molecular weight excluding hydrogens is 345 g/mol. The molecule has 0 saturated heterocycles. The van der Waals surface area contributed by atoms with Gasteiger partial charge in [0.25, 0.3) is 0 Å². The molecule has 0 fully saturated rings. The maximum atomic E-state index is 13.7. The molecule has 0 aromatic heterocycles. The van der Waals surface area contributed by atoms with Crippen molar-refractivity contribution in [3.05, 3.63) is 69.2 Å². The Labute approximate surface area is 122 Å². The first-order chi connectivity index (χ1) is 8.49. The fraction of sp³-hybridized carbons (Fsp3) is 0.0769. The number of hydrogen-bond acceptors (Lipinski definition) is 0. The lowest BCUT2D eigenvalue weighted by Gasteiger charge is -2.13. The molecule has 0 spiro atoms. The zero-order valence-electron chi connectivity index (χ0n) is 8.93. The smallest absolute Gasteiger partial charge is 0.130 e. The van der Waals surface area contributed by atoms with E-state index in [1.165, 1.54) is 12.1 Å². The Morgan fingerprint density at radius 1 is 0.944 bits per heavy atom. The molecule has 18 heavy (non-hydrogen) atoms. The number of rotatable bonds is 2. The van der Waals surface area contributed by atoms with Gasteiger partial charge >= 0.3 is 0 Å². The van der Waals surface area contributed by atoms with Crippen molar-refractivity contribution < 1.29 is 8.78 Å². The Bertz CT molecular complexity index is 587. The molecule has 2 rings (SSSR count). The predicted octanol–water partition coefficient (Wildman–Crippen LogP) is 5.76. The molecule has 94 valence electrons. The molecule has 0 bridgehead atoms. The van der Waals surface area contributed by atoms with Gasteiger partial charge in [-0.15, -0.1) is 0 Å². The molecule has 0 N–H and O–H groups in total.